The molecule has 4 saturated carbocycles. The first kappa shape index (κ1) is 25.0. The average Bonchev–Trinajstić information content (AvgIpc) is 3.14. The van der Waals surface area contributed by atoms with Crippen molar-refractivity contribution >= 4 is 11.8 Å². The molecule has 4 N–H and O–H groups in total. The van der Waals surface area contributed by atoms with Gasteiger partial charge in [-0.1, -0.05) is 33.6 Å². The van der Waals surface area contributed by atoms with Crippen LogP contribution in [0.2, 0.25) is 0 Å². The molecule has 188 valence electrons. The number of nitrogens with one attached hydrogen (secondary N) is 2. The van der Waals surface area contributed by atoms with E-state index in [1.165, 1.54) is 51.4 Å². The Morgan fingerprint density at radius 3 is 2.45 bits per heavy atom. The van der Waals surface area contributed by atoms with Crippen LogP contribution in [0.5, 0.6) is 0 Å². The summed E-state index contributed by atoms with van der Waals surface area (Å²) in [6.07, 6.45) is 12.3. The molecule has 33 heavy (non-hydrogen) atoms. The van der Waals surface area contributed by atoms with Crippen molar-refractivity contribution < 1.29 is 19.9 Å². The molecule has 0 spiro atoms. The van der Waals surface area contributed by atoms with Gasteiger partial charge in [0.1, 0.15) is 6.04 Å². The topological polar surface area (TPSA) is 98.7 Å². The molecule has 4 aliphatic rings. The highest BCUT2D eigenvalue weighted by molar-refractivity contribution is 5.86. The van der Waals surface area contributed by atoms with Gasteiger partial charge in [-0.25, -0.2) is 5.48 Å². The zero-order chi connectivity index (χ0) is 24.0. The smallest absolute Gasteiger partial charge is 0.265 e. The van der Waals surface area contributed by atoms with Gasteiger partial charge in [0.05, 0.1) is 6.10 Å². The first-order chi connectivity index (χ1) is 15.6. The predicted molar refractivity (Wildman–Crippen MR) is 127 cm³/mol. The Hall–Kier alpha value is -1.14. The highest BCUT2D eigenvalue weighted by atomic mass is 16.5. The lowest BCUT2D eigenvalue weighted by atomic mass is 9.44. The maximum atomic E-state index is 12.4. The third-order valence-corrected chi connectivity index (χ3v) is 11.1. The fraction of sp³-hybridized carbons (Fsp3) is 0.926. The molecular formula is C27H46N2O4. The lowest BCUT2D eigenvalue weighted by molar-refractivity contribution is -0.164. The van der Waals surface area contributed by atoms with Gasteiger partial charge in [0.15, 0.2) is 0 Å². The van der Waals surface area contributed by atoms with Crippen molar-refractivity contribution in [3.05, 3.63) is 0 Å². The molecule has 0 radical (unpaired) electrons. The van der Waals surface area contributed by atoms with Crippen molar-refractivity contribution in [3.8, 4) is 0 Å². The van der Waals surface area contributed by atoms with Crippen LogP contribution in [0.25, 0.3) is 0 Å². The van der Waals surface area contributed by atoms with Crippen molar-refractivity contribution in [1.29, 1.82) is 0 Å². The fourth-order valence-electron chi connectivity index (χ4n) is 9.27. The molecular weight excluding hydrogens is 416 g/mol. The van der Waals surface area contributed by atoms with Crippen LogP contribution in [-0.4, -0.2) is 34.3 Å². The number of carbonyl (C=O) groups is 2. The molecule has 0 aromatic carbocycles. The molecule has 4 rings (SSSR count). The summed E-state index contributed by atoms with van der Waals surface area (Å²) < 4.78 is 0. The third-order valence-electron chi connectivity index (χ3n) is 11.1. The fourth-order valence-corrected chi connectivity index (χ4v) is 9.27. The van der Waals surface area contributed by atoms with Crippen molar-refractivity contribution in [3.63, 3.8) is 0 Å². The van der Waals surface area contributed by atoms with E-state index in [-0.39, 0.29) is 17.4 Å². The second-order valence-electron chi connectivity index (χ2n) is 12.6. The highest BCUT2D eigenvalue weighted by Gasteiger charge is 2.62. The Morgan fingerprint density at radius 2 is 1.73 bits per heavy atom. The Kier molecular flexibility index (Phi) is 7.18. The van der Waals surface area contributed by atoms with Gasteiger partial charge >= 0.3 is 0 Å². The van der Waals surface area contributed by atoms with E-state index in [9.17, 15) is 14.7 Å². The molecule has 0 aromatic rings. The lowest BCUT2D eigenvalue weighted by Crippen LogP contribution is -2.57. The van der Waals surface area contributed by atoms with Gasteiger partial charge in [-0.3, -0.25) is 14.8 Å². The molecule has 6 heteroatoms. The molecule has 10 atom stereocenters. The monoisotopic (exact) mass is 462 g/mol. The average molecular weight is 463 g/mol. The van der Waals surface area contributed by atoms with Crippen LogP contribution in [0.3, 0.4) is 0 Å². The number of fused-ring (bicyclic) bond motifs is 5. The molecule has 2 amide bonds. The van der Waals surface area contributed by atoms with Gasteiger partial charge < -0.3 is 10.4 Å². The Bertz CT molecular complexity index is 744. The lowest BCUT2D eigenvalue weighted by Gasteiger charge is -2.62. The standard InChI is InChI=1S/C27H46N2O4/c1-16(8-11-23(31)28-17(2)25(32)29-33)19-9-10-20-24-21(12-14-27(19,20)4)26(3)13-6-5-7-18(26)15-22(24)30/h16-22,24,30,33H,5-15H2,1-4H3,(H,28,31)(H,29,32)/t16-,17?,18?,19?,20?,21?,22?,24?,26?,27-/m1/s1. The van der Waals surface area contributed by atoms with Gasteiger partial charge in [0.2, 0.25) is 5.91 Å². The summed E-state index contributed by atoms with van der Waals surface area (Å²) in [6, 6.07) is -0.737. The van der Waals surface area contributed by atoms with Crippen molar-refractivity contribution in [2.75, 3.05) is 0 Å². The summed E-state index contributed by atoms with van der Waals surface area (Å²) >= 11 is 0. The van der Waals surface area contributed by atoms with E-state index in [4.69, 9.17) is 5.21 Å². The number of rotatable bonds is 6. The number of hydrogen-bond acceptors (Lipinski definition) is 4. The molecule has 8 unspecified atom stereocenters. The highest BCUT2D eigenvalue weighted by Crippen LogP contribution is 2.68. The van der Waals surface area contributed by atoms with Crippen molar-refractivity contribution in [2.24, 2.45) is 46.3 Å². The van der Waals surface area contributed by atoms with E-state index in [2.05, 4.69) is 26.1 Å². The van der Waals surface area contributed by atoms with Crippen LogP contribution in [-0.2, 0) is 9.59 Å². The van der Waals surface area contributed by atoms with Crippen LogP contribution >= 0.6 is 0 Å². The molecule has 4 aliphatic carbocycles. The molecule has 0 saturated heterocycles. The summed E-state index contributed by atoms with van der Waals surface area (Å²) in [6.45, 7) is 8.89. The molecule has 0 aliphatic heterocycles. The maximum absolute atomic E-state index is 12.4. The van der Waals surface area contributed by atoms with Crippen molar-refractivity contribution in [1.82, 2.24) is 10.8 Å². The predicted octanol–water partition coefficient (Wildman–Crippen LogP) is 4.43. The first-order valence-corrected chi connectivity index (χ1v) is 13.5. The quantitative estimate of drug-likeness (QED) is 0.347. The Morgan fingerprint density at radius 1 is 1.00 bits per heavy atom. The van der Waals surface area contributed by atoms with E-state index in [1.807, 2.05) is 0 Å². The van der Waals surface area contributed by atoms with Gasteiger partial charge in [-0.2, -0.15) is 0 Å². The second kappa shape index (κ2) is 9.49. The van der Waals surface area contributed by atoms with Gasteiger partial charge in [0.25, 0.3) is 5.91 Å². The van der Waals surface area contributed by atoms with Crippen molar-refractivity contribution in [2.45, 2.75) is 110 Å². The zero-order valence-electron chi connectivity index (χ0n) is 21.1. The molecule has 0 bridgehead atoms. The SMILES string of the molecule is CC(NC(=O)CC[C@@H](C)C1CCC2C3C(O)CC4CCCCC4(C)C3CC[C@@]21C)C(=O)NO. The van der Waals surface area contributed by atoms with E-state index in [0.717, 1.165) is 12.8 Å². The summed E-state index contributed by atoms with van der Waals surface area (Å²) in [5.41, 5.74) is 2.26. The van der Waals surface area contributed by atoms with Crippen LogP contribution < -0.4 is 10.8 Å². The minimum absolute atomic E-state index is 0.139. The summed E-state index contributed by atoms with van der Waals surface area (Å²) in [4.78, 5) is 23.8. The van der Waals surface area contributed by atoms with E-state index >= 15 is 0 Å². The minimum Gasteiger partial charge on any atom is -0.393 e. The normalized spacial score (nSPS) is 44.1. The number of hydroxylamine groups is 1. The van der Waals surface area contributed by atoms with Gasteiger partial charge in [-0.15, -0.1) is 0 Å². The van der Waals surface area contributed by atoms with Gasteiger partial charge in [0, 0.05) is 6.42 Å². The van der Waals surface area contributed by atoms with Crippen LogP contribution in [0.15, 0.2) is 0 Å². The second-order valence-corrected chi connectivity index (χ2v) is 12.6. The first-order valence-electron chi connectivity index (χ1n) is 13.5. The van der Waals surface area contributed by atoms with Crippen LogP contribution in [0, 0.1) is 46.3 Å². The molecule has 4 fully saturated rings. The number of carbonyl (C=O) groups excluding carboxylic acids is 2. The van der Waals surface area contributed by atoms with Crippen LogP contribution in [0.4, 0.5) is 0 Å². The van der Waals surface area contributed by atoms with E-state index in [1.54, 1.807) is 12.4 Å². The Labute approximate surface area is 199 Å². The summed E-state index contributed by atoms with van der Waals surface area (Å²) in [7, 11) is 0. The summed E-state index contributed by atoms with van der Waals surface area (Å²) in [5, 5.41) is 22.8. The van der Waals surface area contributed by atoms with E-state index < -0.39 is 11.9 Å². The maximum Gasteiger partial charge on any atom is 0.265 e. The van der Waals surface area contributed by atoms with E-state index in [0.29, 0.717) is 47.3 Å². The molecule has 6 nitrogen and oxygen atoms in total. The van der Waals surface area contributed by atoms with Gasteiger partial charge in [-0.05, 0) is 105 Å². The molecule has 0 aromatic heterocycles. The minimum atomic E-state index is -0.737. The third kappa shape index (κ3) is 4.35. The molecule has 0 heterocycles. The number of aliphatic hydroxyl groups excluding tert-OH is 1. The Balaban J connectivity index is 1.41. The number of aliphatic hydroxyl groups is 1. The zero-order valence-corrected chi connectivity index (χ0v) is 21.1. The van der Waals surface area contributed by atoms with Crippen LogP contribution in [0.1, 0.15) is 98.3 Å². The largest absolute Gasteiger partial charge is 0.393 e. The summed E-state index contributed by atoms with van der Waals surface area (Å²) in [5.74, 6) is 2.70. The number of amides is 2. The number of hydrogen-bond donors (Lipinski definition) is 4.